The Balaban J connectivity index is 1.41. The van der Waals surface area contributed by atoms with Crippen molar-refractivity contribution in [2.45, 2.75) is 0 Å². The first kappa shape index (κ1) is 25.6. The van der Waals surface area contributed by atoms with Gasteiger partial charge in [-0.05, 0) is 78.7 Å². The molecule has 210 valence electrons. The van der Waals surface area contributed by atoms with Crippen LogP contribution in [0.2, 0.25) is 0 Å². The molecule has 0 radical (unpaired) electrons. The van der Waals surface area contributed by atoms with Gasteiger partial charge in [0.15, 0.2) is 0 Å². The van der Waals surface area contributed by atoms with Gasteiger partial charge >= 0.3 is 0 Å². The van der Waals surface area contributed by atoms with Crippen LogP contribution in [0.25, 0.3) is 88.0 Å². The number of benzene rings is 8. The summed E-state index contributed by atoms with van der Waals surface area (Å²) < 4.78 is 6.45. The third kappa shape index (κ3) is 4.09. The second-order valence-corrected chi connectivity index (χ2v) is 11.6. The van der Waals surface area contributed by atoms with Crippen LogP contribution in [-0.4, -0.2) is 0 Å². The van der Waals surface area contributed by atoms with Gasteiger partial charge in [-0.25, -0.2) is 0 Å². The second-order valence-electron chi connectivity index (χ2n) is 11.6. The second kappa shape index (κ2) is 10.4. The molecule has 0 saturated carbocycles. The lowest BCUT2D eigenvalue weighted by atomic mass is 9.82. The lowest BCUT2D eigenvalue weighted by molar-refractivity contribution is 0.669. The molecule has 0 spiro atoms. The van der Waals surface area contributed by atoms with E-state index < -0.39 is 0 Å². The van der Waals surface area contributed by atoms with Gasteiger partial charge in [-0.1, -0.05) is 152 Å². The fourth-order valence-electron chi connectivity index (χ4n) is 7.12. The van der Waals surface area contributed by atoms with E-state index in [1.54, 1.807) is 0 Å². The van der Waals surface area contributed by atoms with E-state index in [1.165, 1.54) is 66.1 Å². The molecule has 1 nitrogen and oxygen atoms in total. The molecule has 0 unspecified atom stereocenters. The summed E-state index contributed by atoms with van der Waals surface area (Å²) in [6.45, 7) is 0. The third-order valence-electron chi connectivity index (χ3n) is 9.09. The first-order valence-corrected chi connectivity index (χ1v) is 15.4. The van der Waals surface area contributed by atoms with Crippen molar-refractivity contribution in [2.24, 2.45) is 0 Å². The Morgan fingerprint density at radius 3 is 1.33 bits per heavy atom. The molecule has 1 heteroatoms. The van der Waals surface area contributed by atoms with Gasteiger partial charge in [0.2, 0.25) is 0 Å². The number of hydrogen-bond acceptors (Lipinski definition) is 1. The molecule has 9 rings (SSSR count). The summed E-state index contributed by atoms with van der Waals surface area (Å²) in [5, 5.41) is 7.26. The van der Waals surface area contributed by atoms with E-state index >= 15 is 0 Å². The van der Waals surface area contributed by atoms with Gasteiger partial charge in [0.25, 0.3) is 0 Å². The number of fused-ring (bicyclic) bond motifs is 5. The molecule has 0 aliphatic rings. The molecule has 0 fully saturated rings. The number of hydrogen-bond donors (Lipinski definition) is 0. The monoisotopic (exact) mass is 572 g/mol. The van der Waals surface area contributed by atoms with Crippen molar-refractivity contribution < 1.29 is 4.42 Å². The zero-order valence-electron chi connectivity index (χ0n) is 24.6. The van der Waals surface area contributed by atoms with Crippen LogP contribution in [0, 0.1) is 0 Å². The van der Waals surface area contributed by atoms with Gasteiger partial charge in [0.1, 0.15) is 11.2 Å². The van der Waals surface area contributed by atoms with Gasteiger partial charge in [-0.2, -0.15) is 0 Å². The van der Waals surface area contributed by atoms with E-state index in [9.17, 15) is 0 Å². The van der Waals surface area contributed by atoms with Crippen molar-refractivity contribution in [3.05, 3.63) is 170 Å². The lowest BCUT2D eigenvalue weighted by Gasteiger charge is -2.20. The van der Waals surface area contributed by atoms with Gasteiger partial charge in [0.05, 0.1) is 0 Å². The molecule has 0 amide bonds. The van der Waals surface area contributed by atoms with Crippen molar-refractivity contribution >= 4 is 43.5 Å². The van der Waals surface area contributed by atoms with Gasteiger partial charge in [0, 0.05) is 16.3 Å². The molecule has 1 aromatic heterocycles. The van der Waals surface area contributed by atoms with E-state index in [0.717, 1.165) is 21.9 Å². The minimum Gasteiger partial charge on any atom is -0.456 e. The maximum atomic E-state index is 6.45. The van der Waals surface area contributed by atoms with Crippen LogP contribution in [0.15, 0.2) is 174 Å². The Labute approximate surface area is 261 Å². The highest BCUT2D eigenvalue weighted by Gasteiger charge is 2.22. The summed E-state index contributed by atoms with van der Waals surface area (Å²) in [6.07, 6.45) is 0. The van der Waals surface area contributed by atoms with Crippen LogP contribution in [0.1, 0.15) is 0 Å². The standard InChI is InChI=1S/C44H28O/c1-3-13-29(14-4-1)30-23-25-32(26-24-30)42-38(27-28-40-44(42)37-21-11-12-22-39(37)45-40)43-35-19-9-7-17-33(35)41(31-15-5-2-6-16-31)34-18-8-10-20-36(34)43/h1-28H. The first-order chi connectivity index (χ1) is 22.3. The van der Waals surface area contributed by atoms with Gasteiger partial charge in [-0.3, -0.25) is 0 Å². The van der Waals surface area contributed by atoms with E-state index in [4.69, 9.17) is 4.42 Å². The van der Waals surface area contributed by atoms with Crippen LogP contribution in [0.3, 0.4) is 0 Å². The van der Waals surface area contributed by atoms with Crippen LogP contribution in [0.4, 0.5) is 0 Å². The van der Waals surface area contributed by atoms with Crippen molar-refractivity contribution in [2.75, 3.05) is 0 Å². The molecular formula is C44H28O. The molecule has 8 aromatic carbocycles. The zero-order valence-corrected chi connectivity index (χ0v) is 24.6. The summed E-state index contributed by atoms with van der Waals surface area (Å²) in [7, 11) is 0. The highest BCUT2D eigenvalue weighted by molar-refractivity contribution is 6.25. The average molecular weight is 573 g/mol. The minimum absolute atomic E-state index is 0.900. The van der Waals surface area contributed by atoms with Gasteiger partial charge in [-0.15, -0.1) is 0 Å². The highest BCUT2D eigenvalue weighted by Crippen LogP contribution is 2.49. The number of rotatable bonds is 4. The van der Waals surface area contributed by atoms with Crippen LogP contribution in [-0.2, 0) is 0 Å². The summed E-state index contributed by atoms with van der Waals surface area (Å²) in [4.78, 5) is 0. The van der Waals surface area contributed by atoms with E-state index in [0.29, 0.717) is 0 Å². The Morgan fingerprint density at radius 1 is 0.267 bits per heavy atom. The normalized spacial score (nSPS) is 11.6. The van der Waals surface area contributed by atoms with E-state index in [1.807, 2.05) is 6.07 Å². The molecule has 1 heterocycles. The highest BCUT2D eigenvalue weighted by atomic mass is 16.3. The van der Waals surface area contributed by atoms with Crippen molar-refractivity contribution in [1.29, 1.82) is 0 Å². The number of para-hydroxylation sites is 1. The molecule has 0 aliphatic carbocycles. The first-order valence-electron chi connectivity index (χ1n) is 15.4. The molecule has 0 saturated heterocycles. The largest absolute Gasteiger partial charge is 0.456 e. The molecule has 0 aliphatic heterocycles. The fourth-order valence-corrected chi connectivity index (χ4v) is 7.12. The Kier molecular flexibility index (Phi) is 5.89. The SMILES string of the molecule is c1ccc(-c2ccc(-c3c(-c4c5ccccc5c(-c5ccccc5)c5ccccc45)ccc4oc5ccccc5c34)cc2)cc1. The predicted octanol–water partition coefficient (Wildman–Crippen LogP) is 12.6. The smallest absolute Gasteiger partial charge is 0.136 e. The molecule has 45 heavy (non-hydrogen) atoms. The molecular weight excluding hydrogens is 544 g/mol. The molecule has 9 aromatic rings. The van der Waals surface area contributed by atoms with Crippen LogP contribution >= 0.6 is 0 Å². The van der Waals surface area contributed by atoms with E-state index in [-0.39, 0.29) is 0 Å². The third-order valence-corrected chi connectivity index (χ3v) is 9.09. The molecule has 0 N–H and O–H groups in total. The summed E-state index contributed by atoms with van der Waals surface area (Å²) >= 11 is 0. The van der Waals surface area contributed by atoms with E-state index in [2.05, 4.69) is 164 Å². The molecule has 0 atom stereocenters. The topological polar surface area (TPSA) is 13.1 Å². The predicted molar refractivity (Wildman–Crippen MR) is 190 cm³/mol. The quantitative estimate of drug-likeness (QED) is 0.191. The zero-order chi connectivity index (χ0) is 29.7. The van der Waals surface area contributed by atoms with Crippen molar-refractivity contribution in [1.82, 2.24) is 0 Å². The van der Waals surface area contributed by atoms with Gasteiger partial charge < -0.3 is 4.42 Å². The Bertz CT molecular complexity index is 2450. The van der Waals surface area contributed by atoms with Crippen molar-refractivity contribution in [3.63, 3.8) is 0 Å². The fraction of sp³-hybridized carbons (Fsp3) is 0. The molecule has 0 bridgehead atoms. The van der Waals surface area contributed by atoms with Crippen LogP contribution < -0.4 is 0 Å². The average Bonchev–Trinajstić information content (AvgIpc) is 3.50. The summed E-state index contributed by atoms with van der Waals surface area (Å²) in [5.74, 6) is 0. The minimum atomic E-state index is 0.900. The summed E-state index contributed by atoms with van der Waals surface area (Å²) in [6, 6.07) is 60.9. The van der Waals surface area contributed by atoms with Crippen molar-refractivity contribution in [3.8, 4) is 44.5 Å². The lowest BCUT2D eigenvalue weighted by Crippen LogP contribution is -1.93. The Hall–Kier alpha value is -5.92. The summed E-state index contributed by atoms with van der Waals surface area (Å²) in [5.41, 5.74) is 11.5. The maximum Gasteiger partial charge on any atom is 0.136 e. The Morgan fingerprint density at radius 2 is 0.711 bits per heavy atom. The maximum absolute atomic E-state index is 6.45. The number of furan rings is 1. The van der Waals surface area contributed by atoms with Crippen LogP contribution in [0.5, 0.6) is 0 Å².